The van der Waals surface area contributed by atoms with Crippen LogP contribution in [0.1, 0.15) is 51.3 Å². The number of ether oxygens (including phenoxy) is 1. The van der Waals surface area contributed by atoms with Crippen molar-refractivity contribution in [2.75, 3.05) is 5.73 Å². The van der Waals surface area contributed by atoms with Crippen molar-refractivity contribution in [3.8, 4) is 17.0 Å². The average Bonchev–Trinajstić information content (AvgIpc) is 2.94. The topological polar surface area (TPSA) is 66.0 Å². The van der Waals surface area contributed by atoms with Crippen LogP contribution in [0.2, 0.25) is 0 Å². The number of halogens is 2. The first-order chi connectivity index (χ1) is 12.3. The van der Waals surface area contributed by atoms with Crippen molar-refractivity contribution in [3.05, 3.63) is 24.0 Å². The van der Waals surface area contributed by atoms with E-state index in [1.54, 1.807) is 6.20 Å². The minimum atomic E-state index is -2.94. The van der Waals surface area contributed by atoms with Crippen LogP contribution in [0.25, 0.3) is 11.3 Å². The van der Waals surface area contributed by atoms with Crippen molar-refractivity contribution in [1.82, 2.24) is 14.8 Å². The van der Waals surface area contributed by atoms with Crippen LogP contribution >= 0.6 is 0 Å². The van der Waals surface area contributed by atoms with Gasteiger partial charge in [0.2, 0.25) is 0 Å². The Balaban J connectivity index is 1.67. The summed E-state index contributed by atoms with van der Waals surface area (Å²) in [6.45, 7) is 3.59. The molecule has 2 fully saturated rings. The molecule has 2 aliphatic rings. The number of nitrogen functional groups attached to an aromatic ring is 1. The quantitative estimate of drug-likeness (QED) is 0.852. The molecule has 26 heavy (non-hydrogen) atoms. The number of nitrogens with two attached hydrogens (primary N) is 1. The Hall–Kier alpha value is -2.18. The predicted molar refractivity (Wildman–Crippen MR) is 95.0 cm³/mol. The van der Waals surface area contributed by atoms with Gasteiger partial charge in [-0.3, -0.25) is 4.68 Å². The van der Waals surface area contributed by atoms with Gasteiger partial charge >= 0.3 is 6.61 Å². The Morgan fingerprint density at radius 1 is 1.23 bits per heavy atom. The lowest BCUT2D eigenvalue weighted by Crippen LogP contribution is -2.09. The van der Waals surface area contributed by atoms with Crippen LogP contribution in [0.4, 0.5) is 14.6 Å². The molecule has 4 rings (SSSR count). The van der Waals surface area contributed by atoms with E-state index >= 15 is 0 Å². The van der Waals surface area contributed by atoms with E-state index in [2.05, 4.69) is 41.2 Å². The summed E-state index contributed by atoms with van der Waals surface area (Å²) in [5.74, 6) is 2.72. The lowest BCUT2D eigenvalue weighted by Gasteiger charge is -2.13. The molecule has 2 saturated carbocycles. The average molecular weight is 362 g/mol. The number of pyridine rings is 1. The number of hydrogen-bond acceptors (Lipinski definition) is 4. The fraction of sp³-hybridized carbons (Fsp3) is 0.579. The van der Waals surface area contributed by atoms with Gasteiger partial charge in [0.15, 0.2) is 11.6 Å². The zero-order valence-electron chi connectivity index (χ0n) is 15.2. The van der Waals surface area contributed by atoms with Crippen LogP contribution in [-0.2, 0) is 0 Å². The number of aromatic nitrogens is 3. The number of nitrogens with zero attached hydrogens (tertiary/aromatic N) is 3. The summed E-state index contributed by atoms with van der Waals surface area (Å²) in [7, 11) is 0. The standard InChI is InChI=1S/C19H24F2N4O/c1-9(2)25-15(17-12-4-10(3)5-13(12)17)7-14(24-25)11-6-16(26-19(20)21)18(22)23-8-11/h6-10,12-13,17,19H,4-5H2,1-3H3,(H2,22,23)/t10?,12-,13+,17?. The van der Waals surface area contributed by atoms with E-state index in [-0.39, 0.29) is 17.6 Å². The summed E-state index contributed by atoms with van der Waals surface area (Å²) in [6, 6.07) is 3.80. The molecule has 2 aromatic heterocycles. The van der Waals surface area contributed by atoms with Gasteiger partial charge in [-0.25, -0.2) is 4.98 Å². The van der Waals surface area contributed by atoms with Crippen molar-refractivity contribution < 1.29 is 13.5 Å². The minimum absolute atomic E-state index is 0.0525. The Labute approximate surface area is 151 Å². The molecule has 140 valence electrons. The molecule has 2 aromatic rings. The van der Waals surface area contributed by atoms with Gasteiger partial charge in [0.25, 0.3) is 0 Å². The summed E-state index contributed by atoms with van der Waals surface area (Å²) in [5, 5.41) is 4.73. The van der Waals surface area contributed by atoms with E-state index in [9.17, 15) is 8.78 Å². The lowest BCUT2D eigenvalue weighted by atomic mass is 10.00. The van der Waals surface area contributed by atoms with Crippen LogP contribution in [-0.4, -0.2) is 21.4 Å². The van der Waals surface area contributed by atoms with Gasteiger partial charge in [-0.05, 0) is 56.6 Å². The molecule has 5 nitrogen and oxygen atoms in total. The number of fused-ring (bicyclic) bond motifs is 1. The molecule has 7 heteroatoms. The monoisotopic (exact) mass is 362 g/mol. The van der Waals surface area contributed by atoms with Crippen LogP contribution in [0.5, 0.6) is 5.75 Å². The largest absolute Gasteiger partial charge is 0.431 e. The van der Waals surface area contributed by atoms with Crippen LogP contribution in [0.3, 0.4) is 0 Å². The molecule has 0 spiro atoms. The van der Waals surface area contributed by atoms with Crippen molar-refractivity contribution >= 4 is 5.82 Å². The third-order valence-corrected chi connectivity index (χ3v) is 5.67. The predicted octanol–water partition coefficient (Wildman–Crippen LogP) is 4.47. The van der Waals surface area contributed by atoms with Crippen molar-refractivity contribution in [2.24, 2.45) is 17.8 Å². The SMILES string of the molecule is CC1C[C@@H]2C(c3cc(-c4cnc(N)c(OC(F)F)c4)nn3C(C)C)[C@@H]2C1. The summed E-state index contributed by atoms with van der Waals surface area (Å²) < 4.78 is 31.7. The summed E-state index contributed by atoms with van der Waals surface area (Å²) in [6.07, 6.45) is 4.12. The van der Waals surface area contributed by atoms with E-state index in [1.165, 1.54) is 24.6 Å². The Bertz CT molecular complexity index is 808. The van der Waals surface area contributed by atoms with Crippen LogP contribution in [0.15, 0.2) is 18.3 Å². The summed E-state index contributed by atoms with van der Waals surface area (Å²) >= 11 is 0. The molecular formula is C19H24F2N4O. The fourth-order valence-corrected chi connectivity index (χ4v) is 4.55. The molecule has 0 saturated heterocycles. The highest BCUT2D eigenvalue weighted by atomic mass is 19.3. The number of rotatable bonds is 5. The molecule has 0 aromatic carbocycles. The molecule has 0 amide bonds. The molecule has 2 heterocycles. The van der Waals surface area contributed by atoms with Crippen molar-refractivity contribution in [3.63, 3.8) is 0 Å². The second kappa shape index (κ2) is 6.21. The normalized spacial score (nSPS) is 27.2. The third kappa shape index (κ3) is 2.93. The third-order valence-electron chi connectivity index (χ3n) is 5.67. The van der Waals surface area contributed by atoms with E-state index < -0.39 is 6.61 Å². The molecule has 0 aliphatic heterocycles. The Morgan fingerprint density at radius 2 is 1.92 bits per heavy atom. The van der Waals surface area contributed by atoms with Crippen molar-refractivity contribution in [2.45, 2.75) is 52.2 Å². The number of alkyl halides is 2. The van der Waals surface area contributed by atoms with Gasteiger partial charge in [-0.2, -0.15) is 13.9 Å². The van der Waals surface area contributed by atoms with E-state index in [0.717, 1.165) is 23.4 Å². The Morgan fingerprint density at radius 3 is 2.54 bits per heavy atom. The summed E-state index contributed by atoms with van der Waals surface area (Å²) in [5.41, 5.74) is 8.23. The van der Waals surface area contributed by atoms with Gasteiger partial charge in [0.1, 0.15) is 0 Å². The smallest absolute Gasteiger partial charge is 0.387 e. The molecular weight excluding hydrogens is 338 g/mol. The van der Waals surface area contributed by atoms with Crippen molar-refractivity contribution in [1.29, 1.82) is 0 Å². The summed E-state index contributed by atoms with van der Waals surface area (Å²) in [4.78, 5) is 3.99. The highest BCUT2D eigenvalue weighted by molar-refractivity contribution is 5.64. The van der Waals surface area contributed by atoms with Crippen LogP contribution in [0, 0.1) is 17.8 Å². The molecule has 0 radical (unpaired) electrons. The zero-order chi connectivity index (χ0) is 18.6. The fourth-order valence-electron chi connectivity index (χ4n) is 4.55. The molecule has 4 atom stereocenters. The van der Waals surface area contributed by atoms with Gasteiger partial charge in [0.05, 0.1) is 5.69 Å². The zero-order valence-corrected chi connectivity index (χ0v) is 15.2. The van der Waals surface area contributed by atoms with E-state index in [0.29, 0.717) is 11.5 Å². The van der Waals surface area contributed by atoms with E-state index in [1.807, 2.05) is 0 Å². The number of hydrogen-bond donors (Lipinski definition) is 1. The van der Waals surface area contributed by atoms with Gasteiger partial charge in [0, 0.05) is 29.4 Å². The number of anilines is 1. The Kier molecular flexibility index (Phi) is 4.12. The maximum Gasteiger partial charge on any atom is 0.387 e. The maximum absolute atomic E-state index is 12.6. The minimum Gasteiger partial charge on any atom is -0.431 e. The molecule has 2 N–H and O–H groups in total. The first-order valence-corrected chi connectivity index (χ1v) is 9.15. The first kappa shape index (κ1) is 17.2. The maximum atomic E-state index is 12.6. The van der Waals surface area contributed by atoms with Gasteiger partial charge in [-0.15, -0.1) is 0 Å². The van der Waals surface area contributed by atoms with Gasteiger partial charge < -0.3 is 10.5 Å². The van der Waals surface area contributed by atoms with Crippen LogP contribution < -0.4 is 10.5 Å². The first-order valence-electron chi connectivity index (χ1n) is 9.15. The van der Waals surface area contributed by atoms with Gasteiger partial charge in [-0.1, -0.05) is 6.92 Å². The second-order valence-electron chi connectivity index (χ2n) is 7.91. The molecule has 2 aliphatic carbocycles. The lowest BCUT2D eigenvalue weighted by molar-refractivity contribution is -0.0494. The highest BCUT2D eigenvalue weighted by Gasteiger charge is 2.56. The molecule has 0 bridgehead atoms. The highest BCUT2D eigenvalue weighted by Crippen LogP contribution is 2.65. The van der Waals surface area contributed by atoms with E-state index in [4.69, 9.17) is 10.8 Å². The molecule has 2 unspecified atom stereocenters. The second-order valence-corrected chi connectivity index (χ2v) is 7.91.